The van der Waals surface area contributed by atoms with Crippen molar-refractivity contribution in [3.63, 3.8) is 0 Å². The van der Waals surface area contributed by atoms with Gasteiger partial charge < -0.3 is 20.5 Å². The van der Waals surface area contributed by atoms with Gasteiger partial charge in [0.2, 0.25) is 16.3 Å². The number of nitrogens with two attached hydrogens (primary N) is 1. The van der Waals surface area contributed by atoms with E-state index < -0.39 is 34.4 Å². The average molecular weight is 343 g/mol. The Kier molecular flexibility index (Phi) is 6.32. The molecule has 22 heavy (non-hydrogen) atoms. The smallest absolute Gasteiger partial charge is 0.724 e. The van der Waals surface area contributed by atoms with Gasteiger partial charge in [0.25, 0.3) is 0 Å². The maximum atomic E-state index is 12.0. The van der Waals surface area contributed by atoms with Crippen LogP contribution in [0.4, 0.5) is 4.79 Å². The third-order valence-corrected chi connectivity index (χ3v) is 3.63. The van der Waals surface area contributed by atoms with Crippen LogP contribution in [0.1, 0.15) is 12.8 Å². The van der Waals surface area contributed by atoms with Crippen molar-refractivity contribution < 1.29 is 56.4 Å². The van der Waals surface area contributed by atoms with Crippen LogP contribution in [0.25, 0.3) is 0 Å². The molecule has 2 bridgehead atoms. The summed E-state index contributed by atoms with van der Waals surface area (Å²) in [6.45, 7) is -0.185. The molecule has 0 unspecified atom stereocenters. The number of hydrogen-bond donors (Lipinski definition) is 3. The molecule has 2 fully saturated rings. The molecule has 11 nitrogen and oxygen atoms in total. The summed E-state index contributed by atoms with van der Waals surface area (Å²) >= 11 is 0. The molecule has 0 spiro atoms. The predicted octanol–water partition coefficient (Wildman–Crippen LogP) is -5.30. The Balaban J connectivity index is 0.00000242. The van der Waals surface area contributed by atoms with E-state index in [9.17, 15) is 22.6 Å². The number of hydroxylamine groups is 2. The standard InChI is InChI=1S/C9H15N5O6S.Na/c10-3-7(15)12-8(11)6-2-1-5-4-13(6)9(16)14(5)20-21(17,18)19;/h5-6H,1-4,10H2,(H2,11,12,15)(H,17,18,19);/q;+1/p-1/t5-,6+;/m1./s1. The molecule has 13 heteroatoms. The zero-order valence-electron chi connectivity index (χ0n) is 11.8. The summed E-state index contributed by atoms with van der Waals surface area (Å²) in [5.41, 5.74) is 5.13. The number of nitrogens with one attached hydrogen (secondary N) is 2. The molecule has 2 aliphatic heterocycles. The van der Waals surface area contributed by atoms with Crippen molar-refractivity contribution in [2.24, 2.45) is 5.73 Å². The largest absolute Gasteiger partial charge is 1.00 e. The zero-order chi connectivity index (χ0) is 15.8. The Morgan fingerprint density at radius 1 is 1.50 bits per heavy atom. The summed E-state index contributed by atoms with van der Waals surface area (Å²) in [5, 5.41) is 10.6. The molecule has 4 N–H and O–H groups in total. The maximum absolute atomic E-state index is 12.0. The molecule has 0 radical (unpaired) electrons. The molecule has 2 heterocycles. The van der Waals surface area contributed by atoms with Gasteiger partial charge in [-0.3, -0.25) is 10.2 Å². The van der Waals surface area contributed by atoms with Crippen LogP contribution in [0.3, 0.4) is 0 Å². The average Bonchev–Trinajstić information content (AvgIpc) is 2.62. The van der Waals surface area contributed by atoms with Gasteiger partial charge in [-0.25, -0.2) is 13.2 Å². The van der Waals surface area contributed by atoms with Gasteiger partial charge in [0, 0.05) is 6.54 Å². The Bertz CT molecular complexity index is 583. The third-order valence-electron chi connectivity index (χ3n) is 3.29. The van der Waals surface area contributed by atoms with Crippen LogP contribution in [-0.2, 0) is 19.5 Å². The number of urea groups is 1. The number of amidine groups is 1. The van der Waals surface area contributed by atoms with Crippen LogP contribution in [0.2, 0.25) is 0 Å². The summed E-state index contributed by atoms with van der Waals surface area (Å²) in [5.74, 6) is -0.770. The van der Waals surface area contributed by atoms with E-state index in [1.807, 2.05) is 0 Å². The van der Waals surface area contributed by atoms with Crippen molar-refractivity contribution in [3.05, 3.63) is 0 Å². The minimum Gasteiger partial charge on any atom is -0.724 e. The normalized spacial score (nSPS) is 24.0. The van der Waals surface area contributed by atoms with Crippen molar-refractivity contribution >= 4 is 28.2 Å². The van der Waals surface area contributed by atoms with Gasteiger partial charge in [0.05, 0.1) is 18.6 Å². The van der Waals surface area contributed by atoms with Gasteiger partial charge in [-0.05, 0) is 12.8 Å². The van der Waals surface area contributed by atoms with Gasteiger partial charge in [-0.1, -0.05) is 0 Å². The fourth-order valence-electron chi connectivity index (χ4n) is 2.41. The summed E-state index contributed by atoms with van der Waals surface area (Å²) in [6, 6.07) is -2.11. The number of nitrogens with zero attached hydrogens (tertiary/aromatic N) is 2. The minimum atomic E-state index is -5.05. The van der Waals surface area contributed by atoms with Crippen molar-refractivity contribution in [1.29, 1.82) is 5.41 Å². The second kappa shape index (κ2) is 7.21. The molecular formula is C9H14N5NaO6S. The number of amides is 3. The van der Waals surface area contributed by atoms with Crippen molar-refractivity contribution in [2.45, 2.75) is 24.9 Å². The van der Waals surface area contributed by atoms with Crippen LogP contribution in [0.15, 0.2) is 0 Å². The predicted molar refractivity (Wildman–Crippen MR) is 66.5 cm³/mol. The number of carbonyl (C=O) groups is 2. The van der Waals surface area contributed by atoms with Gasteiger partial charge >= 0.3 is 35.6 Å². The first-order valence-corrected chi connectivity index (χ1v) is 7.40. The fraction of sp³-hybridized carbons (Fsp3) is 0.667. The molecule has 0 saturated carbocycles. The molecule has 2 rings (SSSR count). The number of piperidine rings is 1. The van der Waals surface area contributed by atoms with Crippen LogP contribution >= 0.6 is 0 Å². The Hall–Kier alpha value is -0.760. The van der Waals surface area contributed by atoms with Crippen LogP contribution in [-0.4, -0.2) is 65.9 Å². The Morgan fingerprint density at radius 2 is 2.14 bits per heavy atom. The van der Waals surface area contributed by atoms with Gasteiger partial charge in [0.1, 0.15) is 5.84 Å². The fourth-order valence-corrected chi connectivity index (χ4v) is 2.80. The molecule has 2 aliphatic rings. The quantitative estimate of drug-likeness (QED) is 0.150. The van der Waals surface area contributed by atoms with Gasteiger partial charge in [-0.2, -0.15) is 9.35 Å². The monoisotopic (exact) mass is 343 g/mol. The minimum absolute atomic E-state index is 0. The first-order chi connectivity index (χ1) is 9.73. The molecule has 2 saturated heterocycles. The van der Waals surface area contributed by atoms with Crippen molar-refractivity contribution in [1.82, 2.24) is 15.3 Å². The topological polar surface area (TPSA) is 169 Å². The number of carbonyl (C=O) groups excluding carboxylic acids is 2. The van der Waals surface area contributed by atoms with Crippen LogP contribution < -0.4 is 40.6 Å². The second-order valence-corrected chi connectivity index (χ2v) is 5.62. The maximum Gasteiger partial charge on any atom is 1.00 e. The summed E-state index contributed by atoms with van der Waals surface area (Å²) in [7, 11) is -5.05. The second-order valence-electron chi connectivity index (χ2n) is 4.66. The number of hydrogen-bond acceptors (Lipinski definition) is 8. The molecule has 0 aromatic rings. The van der Waals surface area contributed by atoms with E-state index in [0.29, 0.717) is 17.9 Å². The van der Waals surface area contributed by atoms with E-state index in [1.165, 1.54) is 4.90 Å². The van der Waals surface area contributed by atoms with Crippen molar-refractivity contribution in [3.8, 4) is 0 Å². The van der Waals surface area contributed by atoms with Gasteiger partial charge in [0.15, 0.2) is 0 Å². The number of fused-ring (bicyclic) bond motifs is 2. The summed E-state index contributed by atoms with van der Waals surface area (Å²) in [4.78, 5) is 24.4. The van der Waals surface area contributed by atoms with E-state index >= 15 is 0 Å². The number of rotatable bonds is 4. The van der Waals surface area contributed by atoms with E-state index in [4.69, 9.17) is 11.1 Å². The van der Waals surface area contributed by atoms with Crippen LogP contribution in [0.5, 0.6) is 0 Å². The van der Waals surface area contributed by atoms with Gasteiger partial charge in [-0.15, -0.1) is 0 Å². The van der Waals surface area contributed by atoms with E-state index in [-0.39, 0.29) is 48.5 Å². The zero-order valence-corrected chi connectivity index (χ0v) is 14.6. The van der Waals surface area contributed by atoms with E-state index in [1.54, 1.807) is 0 Å². The molecule has 2 atom stereocenters. The Labute approximate surface area is 148 Å². The van der Waals surface area contributed by atoms with E-state index in [2.05, 4.69) is 9.60 Å². The summed E-state index contributed by atoms with van der Waals surface area (Å²) < 4.78 is 36.0. The Morgan fingerprint density at radius 3 is 2.68 bits per heavy atom. The van der Waals surface area contributed by atoms with Crippen molar-refractivity contribution in [2.75, 3.05) is 13.1 Å². The molecular weight excluding hydrogens is 329 g/mol. The SMILES string of the molecule is N=C(NC(=O)CN)[C@@H]1CC[C@@H]2CN1C(=O)N2OS(=O)(=O)[O-].[Na+]. The first-order valence-electron chi connectivity index (χ1n) is 6.06. The van der Waals surface area contributed by atoms with E-state index in [0.717, 1.165) is 0 Å². The molecule has 0 aromatic carbocycles. The van der Waals surface area contributed by atoms with Crippen LogP contribution in [0, 0.1) is 5.41 Å². The molecule has 0 aromatic heterocycles. The molecule has 118 valence electrons. The molecule has 0 aliphatic carbocycles. The summed E-state index contributed by atoms with van der Waals surface area (Å²) in [6.07, 6.45) is 0.669. The first kappa shape index (κ1) is 19.3. The third kappa shape index (κ3) is 4.16. The molecule has 3 amide bonds.